The average Bonchev–Trinajstić information content (AvgIpc) is 2.56. The fraction of sp³-hybridized carbons (Fsp3) is 0.471. The molecule has 1 aromatic rings. The van der Waals surface area contributed by atoms with Gasteiger partial charge in [0.05, 0.1) is 0 Å². The van der Waals surface area contributed by atoms with Crippen LogP contribution >= 0.6 is 15.9 Å². The highest BCUT2D eigenvalue weighted by Gasteiger charge is 2.37. The number of benzene rings is 1. The Balaban J connectivity index is 2.03. The molecule has 0 bridgehead atoms. The Morgan fingerprint density at radius 1 is 1.33 bits per heavy atom. The molecule has 0 radical (unpaired) electrons. The summed E-state index contributed by atoms with van der Waals surface area (Å²) in [7, 11) is 0. The van der Waals surface area contributed by atoms with E-state index in [1.165, 1.54) is 0 Å². The lowest BCUT2D eigenvalue weighted by Crippen LogP contribution is -2.57. The van der Waals surface area contributed by atoms with Crippen molar-refractivity contribution in [1.82, 2.24) is 9.80 Å². The van der Waals surface area contributed by atoms with Gasteiger partial charge in [-0.1, -0.05) is 53.2 Å². The zero-order valence-corrected chi connectivity index (χ0v) is 15.4. The molecule has 1 amide bonds. The molecule has 0 saturated heterocycles. The molecule has 1 aliphatic heterocycles. The van der Waals surface area contributed by atoms with Crippen molar-refractivity contribution in [1.29, 1.82) is 0 Å². The third-order valence-corrected chi connectivity index (χ3v) is 4.24. The molecule has 3 unspecified atom stereocenters. The first-order valence-corrected chi connectivity index (χ1v) is 8.75. The normalized spacial score (nSPS) is 22.1. The van der Waals surface area contributed by atoms with Crippen LogP contribution in [0.15, 0.2) is 42.1 Å². The smallest absolute Gasteiger partial charge is 0.416 e. The number of hydrogen-bond donors (Lipinski definition) is 2. The summed E-state index contributed by atoms with van der Waals surface area (Å²) in [5.41, 5.74) is 1.41. The van der Waals surface area contributed by atoms with Gasteiger partial charge in [0.15, 0.2) is 6.23 Å². The Morgan fingerprint density at radius 2 is 2.00 bits per heavy atom. The van der Waals surface area contributed by atoms with Crippen molar-refractivity contribution < 1.29 is 19.7 Å². The van der Waals surface area contributed by atoms with Crippen LogP contribution in [0.25, 0.3) is 0 Å². The molecule has 3 atom stereocenters. The summed E-state index contributed by atoms with van der Waals surface area (Å²) in [5.74, 6) is 0. The van der Waals surface area contributed by atoms with E-state index in [0.29, 0.717) is 12.1 Å². The van der Waals surface area contributed by atoms with E-state index in [0.717, 1.165) is 16.9 Å². The van der Waals surface area contributed by atoms with Crippen molar-refractivity contribution in [3.63, 3.8) is 0 Å². The zero-order valence-electron chi connectivity index (χ0n) is 13.8. The number of alkyl halides is 1. The van der Waals surface area contributed by atoms with Crippen LogP contribution < -0.4 is 0 Å². The van der Waals surface area contributed by atoms with Crippen molar-refractivity contribution in [2.75, 3.05) is 6.54 Å². The number of aliphatic hydroxyl groups excluding tert-OH is 2. The molecule has 2 N–H and O–H groups in total. The van der Waals surface area contributed by atoms with E-state index in [2.05, 4.69) is 15.9 Å². The van der Waals surface area contributed by atoms with Crippen LogP contribution in [-0.4, -0.2) is 50.1 Å². The van der Waals surface area contributed by atoms with Crippen LogP contribution in [0.1, 0.15) is 25.8 Å². The van der Waals surface area contributed by atoms with Crippen LogP contribution in [0.5, 0.6) is 0 Å². The minimum Gasteiger partial charge on any atom is -0.444 e. The molecular weight excluding hydrogens is 376 g/mol. The van der Waals surface area contributed by atoms with E-state index >= 15 is 0 Å². The fourth-order valence-corrected chi connectivity index (χ4v) is 2.60. The maximum Gasteiger partial charge on any atom is 0.416 e. The molecule has 132 valence electrons. The second-order valence-corrected chi connectivity index (χ2v) is 7.41. The summed E-state index contributed by atoms with van der Waals surface area (Å²) < 4.78 is 5.23. The first-order chi connectivity index (χ1) is 11.4. The van der Waals surface area contributed by atoms with Gasteiger partial charge >= 0.3 is 6.09 Å². The molecular formula is C17H23BrN2O4. The molecule has 6 nitrogen and oxygen atoms in total. The summed E-state index contributed by atoms with van der Waals surface area (Å²) in [5, 5.41) is 20.7. The second kappa shape index (κ2) is 8.50. The number of hydrogen-bond acceptors (Lipinski definition) is 5. The van der Waals surface area contributed by atoms with Gasteiger partial charge in [0.1, 0.15) is 6.61 Å². The highest BCUT2D eigenvalue weighted by Crippen LogP contribution is 2.23. The molecule has 1 heterocycles. The van der Waals surface area contributed by atoms with Gasteiger partial charge in [-0.2, -0.15) is 0 Å². The van der Waals surface area contributed by atoms with Gasteiger partial charge in [-0.25, -0.2) is 9.69 Å². The molecule has 24 heavy (non-hydrogen) atoms. The highest BCUT2D eigenvalue weighted by atomic mass is 79.9. The summed E-state index contributed by atoms with van der Waals surface area (Å²) >= 11 is 3.46. The third-order valence-electron chi connectivity index (χ3n) is 3.79. The predicted octanol–water partition coefficient (Wildman–Crippen LogP) is 2.61. The van der Waals surface area contributed by atoms with Crippen LogP contribution in [0.2, 0.25) is 0 Å². The SMILES string of the molecule is CC1=CN(CCC(C)Br)C(O)N(C(=O)OCc2ccccc2)C1O. The van der Waals surface area contributed by atoms with Crippen molar-refractivity contribution in [2.45, 2.75) is 44.3 Å². The largest absolute Gasteiger partial charge is 0.444 e. The number of halogens is 1. The number of amides is 1. The topological polar surface area (TPSA) is 73.2 Å². The fourth-order valence-electron chi connectivity index (χ4n) is 2.40. The molecule has 1 aliphatic rings. The molecule has 0 saturated carbocycles. The number of ether oxygens (including phenoxy) is 1. The van der Waals surface area contributed by atoms with Crippen LogP contribution in [0.4, 0.5) is 4.79 Å². The van der Waals surface area contributed by atoms with Crippen molar-refractivity contribution >= 4 is 22.0 Å². The highest BCUT2D eigenvalue weighted by molar-refractivity contribution is 9.09. The van der Waals surface area contributed by atoms with Crippen LogP contribution in [0, 0.1) is 0 Å². The molecule has 0 aliphatic carbocycles. The third kappa shape index (κ3) is 4.72. The lowest BCUT2D eigenvalue weighted by atomic mass is 10.2. The van der Waals surface area contributed by atoms with Crippen molar-refractivity contribution in [3.05, 3.63) is 47.7 Å². The Bertz CT molecular complexity index is 579. The molecule has 0 spiro atoms. The molecule has 7 heteroatoms. The van der Waals surface area contributed by atoms with Gasteiger partial charge in [-0.05, 0) is 24.5 Å². The summed E-state index contributed by atoms with van der Waals surface area (Å²) in [6, 6.07) is 9.25. The minimum absolute atomic E-state index is 0.0802. The molecule has 1 aromatic carbocycles. The standard InChI is InChI=1S/C17H23BrN2O4/c1-12-10-19(9-8-13(2)18)16(22)20(15(12)21)17(23)24-11-14-6-4-3-5-7-14/h3-7,10,13,15-16,21-22H,8-9,11H2,1-2H3. The van der Waals surface area contributed by atoms with Crippen LogP contribution in [-0.2, 0) is 11.3 Å². The van der Waals surface area contributed by atoms with Gasteiger partial charge in [-0.3, -0.25) is 0 Å². The Kier molecular flexibility index (Phi) is 6.65. The summed E-state index contributed by atoms with van der Waals surface area (Å²) in [6.45, 7) is 4.34. The zero-order chi connectivity index (χ0) is 17.7. The summed E-state index contributed by atoms with van der Waals surface area (Å²) in [6.07, 6.45) is -0.780. The Hall–Kier alpha value is -1.57. The van der Waals surface area contributed by atoms with E-state index in [9.17, 15) is 15.0 Å². The van der Waals surface area contributed by atoms with E-state index < -0.39 is 18.7 Å². The monoisotopic (exact) mass is 398 g/mol. The van der Waals surface area contributed by atoms with E-state index in [-0.39, 0.29) is 11.4 Å². The lowest BCUT2D eigenvalue weighted by Gasteiger charge is -2.42. The molecule has 2 rings (SSSR count). The van der Waals surface area contributed by atoms with Gasteiger partial charge < -0.3 is 19.8 Å². The number of nitrogens with zero attached hydrogens (tertiary/aromatic N) is 2. The van der Waals surface area contributed by atoms with Crippen molar-refractivity contribution in [3.8, 4) is 0 Å². The van der Waals surface area contributed by atoms with E-state index in [4.69, 9.17) is 4.74 Å². The Labute approximate surface area is 150 Å². The number of rotatable bonds is 5. The first kappa shape index (κ1) is 18.8. The minimum atomic E-state index is -1.27. The van der Waals surface area contributed by atoms with Crippen molar-refractivity contribution in [2.24, 2.45) is 0 Å². The van der Waals surface area contributed by atoms with E-state index in [1.54, 1.807) is 18.0 Å². The van der Waals surface area contributed by atoms with Crippen LogP contribution in [0.3, 0.4) is 0 Å². The van der Waals surface area contributed by atoms with Gasteiger partial charge in [0.2, 0.25) is 6.35 Å². The number of aliphatic hydroxyl groups is 2. The summed E-state index contributed by atoms with van der Waals surface area (Å²) in [4.78, 5) is 15.2. The molecule has 0 fully saturated rings. The van der Waals surface area contributed by atoms with Gasteiger partial charge in [0, 0.05) is 17.6 Å². The second-order valence-electron chi connectivity index (χ2n) is 5.85. The number of carbonyl (C=O) groups is 1. The number of carbonyl (C=O) groups excluding carboxylic acids is 1. The van der Waals surface area contributed by atoms with Gasteiger partial charge in [0.25, 0.3) is 0 Å². The maximum absolute atomic E-state index is 12.3. The predicted molar refractivity (Wildman–Crippen MR) is 93.9 cm³/mol. The first-order valence-electron chi connectivity index (χ1n) is 7.83. The maximum atomic E-state index is 12.3. The van der Waals surface area contributed by atoms with Gasteiger partial charge in [-0.15, -0.1) is 0 Å². The lowest BCUT2D eigenvalue weighted by molar-refractivity contribution is -0.144. The Morgan fingerprint density at radius 3 is 2.62 bits per heavy atom. The quantitative estimate of drug-likeness (QED) is 0.745. The average molecular weight is 399 g/mol. The molecule has 0 aromatic heterocycles. The van der Waals surface area contributed by atoms with E-state index in [1.807, 2.05) is 37.3 Å².